The minimum atomic E-state index is -0.364. The van der Waals surface area contributed by atoms with Gasteiger partial charge in [-0.3, -0.25) is 10.1 Å². The van der Waals surface area contributed by atoms with Crippen LogP contribution in [0.3, 0.4) is 0 Å². The zero-order valence-electron chi connectivity index (χ0n) is 8.54. The lowest BCUT2D eigenvalue weighted by molar-refractivity contribution is 0.100. The van der Waals surface area contributed by atoms with E-state index in [0.29, 0.717) is 5.56 Å². The Balaban J connectivity index is 2.33. The van der Waals surface area contributed by atoms with E-state index in [9.17, 15) is 4.79 Å². The molecule has 16 heavy (non-hydrogen) atoms. The quantitative estimate of drug-likeness (QED) is 0.698. The van der Waals surface area contributed by atoms with Crippen molar-refractivity contribution in [3.05, 3.63) is 29.3 Å². The number of amides is 1. The van der Waals surface area contributed by atoms with E-state index in [-0.39, 0.29) is 5.91 Å². The molecule has 1 aliphatic rings. The molecule has 0 bridgehead atoms. The Labute approximate surface area is 96.4 Å². The van der Waals surface area contributed by atoms with Crippen LogP contribution in [0.5, 0.6) is 0 Å². The average molecular weight is 233 g/mol. The molecule has 0 atom stereocenters. The number of primary amides is 1. The van der Waals surface area contributed by atoms with Crippen molar-refractivity contribution in [2.24, 2.45) is 5.73 Å². The van der Waals surface area contributed by atoms with Gasteiger partial charge in [0.15, 0.2) is 0 Å². The Morgan fingerprint density at radius 1 is 1.44 bits per heavy atom. The van der Waals surface area contributed by atoms with Gasteiger partial charge in [0.2, 0.25) is 5.91 Å². The summed E-state index contributed by atoms with van der Waals surface area (Å²) in [6.07, 6.45) is 0. The van der Waals surface area contributed by atoms with Gasteiger partial charge in [0, 0.05) is 16.8 Å². The van der Waals surface area contributed by atoms with Gasteiger partial charge in [0.1, 0.15) is 0 Å². The first-order valence-corrected chi connectivity index (χ1v) is 5.88. The summed E-state index contributed by atoms with van der Waals surface area (Å²) in [5, 5.41) is 8.78. The van der Waals surface area contributed by atoms with Gasteiger partial charge in [-0.25, -0.2) is 0 Å². The van der Waals surface area contributed by atoms with Crippen LogP contribution in [0, 0.1) is 0 Å². The molecular weight excluding hydrogens is 222 g/mol. The molecule has 82 valence electrons. The van der Waals surface area contributed by atoms with Crippen molar-refractivity contribution >= 4 is 32.3 Å². The lowest BCUT2D eigenvalue weighted by Crippen LogP contribution is -2.26. The summed E-state index contributed by atoms with van der Waals surface area (Å²) >= 11 is 1.60. The normalized spacial score (nSPS) is 14.5. The maximum atomic E-state index is 11.3. The molecule has 0 saturated carbocycles. The summed E-state index contributed by atoms with van der Waals surface area (Å²) < 4.78 is 0.983. The maximum absolute atomic E-state index is 11.3. The molecule has 1 aromatic carbocycles. The Bertz CT molecular complexity index is 576. The van der Waals surface area contributed by atoms with Crippen molar-refractivity contribution in [3.8, 4) is 0 Å². The molecule has 0 spiro atoms. The van der Waals surface area contributed by atoms with Crippen molar-refractivity contribution in [2.45, 2.75) is 6.54 Å². The summed E-state index contributed by atoms with van der Waals surface area (Å²) in [6, 6.07) is 5.69. The fraction of sp³-hybridized carbons (Fsp3) is 0.182. The van der Waals surface area contributed by atoms with E-state index in [1.807, 2.05) is 12.1 Å². The first-order valence-electron chi connectivity index (χ1n) is 5.06. The van der Waals surface area contributed by atoms with Gasteiger partial charge >= 0.3 is 0 Å². The number of nitrogens with one attached hydrogen (secondary N) is 2. The molecule has 2 heterocycles. The van der Waals surface area contributed by atoms with Crippen LogP contribution in [0.4, 0.5) is 5.00 Å². The standard InChI is InChI=1S/C11H11N3OS/c12-10(15)7-3-1-2-6-8-4-13-5-14-11(8)16-9(6)7/h1-3,13-14H,4-5H2,(H2,12,15). The zero-order valence-corrected chi connectivity index (χ0v) is 9.36. The monoisotopic (exact) mass is 233 g/mol. The molecule has 4 nitrogen and oxygen atoms in total. The number of thiophene rings is 1. The minimum absolute atomic E-state index is 0.364. The van der Waals surface area contributed by atoms with Crippen LogP contribution < -0.4 is 16.4 Å². The van der Waals surface area contributed by atoms with Crippen molar-refractivity contribution < 1.29 is 4.79 Å². The van der Waals surface area contributed by atoms with E-state index in [0.717, 1.165) is 28.3 Å². The van der Waals surface area contributed by atoms with Crippen LogP contribution in [0.2, 0.25) is 0 Å². The third-order valence-corrected chi connectivity index (χ3v) is 4.00. The predicted molar refractivity (Wildman–Crippen MR) is 65.7 cm³/mol. The molecular formula is C11H11N3OS. The first kappa shape index (κ1) is 9.62. The highest BCUT2D eigenvalue weighted by atomic mass is 32.1. The van der Waals surface area contributed by atoms with E-state index in [2.05, 4.69) is 10.6 Å². The van der Waals surface area contributed by atoms with Crippen LogP contribution in [0.1, 0.15) is 15.9 Å². The number of nitrogens with two attached hydrogens (primary N) is 1. The van der Waals surface area contributed by atoms with Gasteiger partial charge < -0.3 is 11.1 Å². The number of anilines is 1. The molecule has 1 aliphatic heterocycles. The molecule has 0 unspecified atom stereocenters. The minimum Gasteiger partial charge on any atom is -0.366 e. The van der Waals surface area contributed by atoms with Crippen molar-refractivity contribution in [3.63, 3.8) is 0 Å². The third kappa shape index (κ3) is 1.29. The van der Waals surface area contributed by atoms with Gasteiger partial charge in [0.05, 0.1) is 17.2 Å². The fourth-order valence-electron chi connectivity index (χ4n) is 2.01. The van der Waals surface area contributed by atoms with Gasteiger partial charge in [-0.15, -0.1) is 11.3 Å². The maximum Gasteiger partial charge on any atom is 0.250 e. The van der Waals surface area contributed by atoms with Crippen LogP contribution in [-0.2, 0) is 6.54 Å². The molecule has 1 aromatic heterocycles. The topological polar surface area (TPSA) is 67.2 Å². The lowest BCUT2D eigenvalue weighted by atomic mass is 10.1. The van der Waals surface area contributed by atoms with E-state index in [1.165, 1.54) is 5.56 Å². The number of rotatable bonds is 1. The Morgan fingerprint density at radius 3 is 3.12 bits per heavy atom. The number of fused-ring (bicyclic) bond motifs is 3. The smallest absolute Gasteiger partial charge is 0.250 e. The third-order valence-electron chi connectivity index (χ3n) is 2.76. The summed E-state index contributed by atoms with van der Waals surface area (Å²) in [6.45, 7) is 1.61. The Hall–Kier alpha value is -1.59. The number of carbonyl (C=O) groups excluding carboxylic acids is 1. The molecule has 1 amide bonds. The molecule has 4 N–H and O–H groups in total. The summed E-state index contributed by atoms with van der Waals surface area (Å²) in [7, 11) is 0. The Kier molecular flexibility index (Phi) is 2.08. The van der Waals surface area contributed by atoms with Gasteiger partial charge in [0.25, 0.3) is 0 Å². The molecule has 2 aromatic rings. The predicted octanol–water partition coefficient (Wildman–Crippen LogP) is 1.47. The van der Waals surface area contributed by atoms with Gasteiger partial charge in [-0.05, 0) is 11.5 Å². The summed E-state index contributed by atoms with van der Waals surface area (Å²) in [5.74, 6) is -0.364. The van der Waals surface area contributed by atoms with Crippen LogP contribution >= 0.6 is 11.3 Å². The largest absolute Gasteiger partial charge is 0.366 e. The fourth-order valence-corrected chi connectivity index (χ4v) is 3.25. The lowest BCUT2D eigenvalue weighted by Gasteiger charge is -2.14. The van der Waals surface area contributed by atoms with Crippen molar-refractivity contribution in [1.82, 2.24) is 5.32 Å². The first-order chi connectivity index (χ1) is 7.77. The second-order valence-electron chi connectivity index (χ2n) is 3.74. The molecule has 5 heteroatoms. The number of hydrogen-bond acceptors (Lipinski definition) is 4. The second-order valence-corrected chi connectivity index (χ2v) is 4.76. The molecule has 0 aliphatic carbocycles. The van der Waals surface area contributed by atoms with Crippen LogP contribution in [-0.4, -0.2) is 12.6 Å². The van der Waals surface area contributed by atoms with Gasteiger partial charge in [-0.1, -0.05) is 12.1 Å². The summed E-state index contributed by atoms with van der Waals surface area (Å²) in [4.78, 5) is 11.3. The van der Waals surface area contributed by atoms with Crippen LogP contribution in [0.15, 0.2) is 18.2 Å². The second kappa shape index (κ2) is 3.47. The van der Waals surface area contributed by atoms with E-state index in [1.54, 1.807) is 17.4 Å². The van der Waals surface area contributed by atoms with E-state index >= 15 is 0 Å². The van der Waals surface area contributed by atoms with Crippen LogP contribution in [0.25, 0.3) is 10.1 Å². The molecule has 0 saturated heterocycles. The number of benzene rings is 1. The SMILES string of the molecule is NC(=O)c1cccc2c3c(sc12)NCNC3. The van der Waals surface area contributed by atoms with Gasteiger partial charge in [-0.2, -0.15) is 0 Å². The van der Waals surface area contributed by atoms with Crippen molar-refractivity contribution in [2.75, 3.05) is 12.0 Å². The van der Waals surface area contributed by atoms with E-state index < -0.39 is 0 Å². The highest BCUT2D eigenvalue weighted by molar-refractivity contribution is 7.23. The highest BCUT2D eigenvalue weighted by Gasteiger charge is 2.18. The van der Waals surface area contributed by atoms with E-state index in [4.69, 9.17) is 5.73 Å². The van der Waals surface area contributed by atoms with Crippen molar-refractivity contribution in [1.29, 1.82) is 0 Å². The zero-order chi connectivity index (χ0) is 11.1. The molecule has 0 radical (unpaired) electrons. The average Bonchev–Trinajstić information content (AvgIpc) is 2.67. The highest BCUT2D eigenvalue weighted by Crippen LogP contribution is 2.38. The number of carbonyl (C=O) groups is 1. The number of hydrogen-bond donors (Lipinski definition) is 3. The molecule has 3 rings (SSSR count). The molecule has 0 fully saturated rings. The Morgan fingerprint density at radius 2 is 2.31 bits per heavy atom. The summed E-state index contributed by atoms with van der Waals surface area (Å²) in [5.41, 5.74) is 7.21.